The van der Waals surface area contributed by atoms with E-state index < -0.39 is 23.3 Å². The summed E-state index contributed by atoms with van der Waals surface area (Å²) in [5, 5.41) is 7.72. The molecule has 0 aliphatic carbocycles. The van der Waals surface area contributed by atoms with Crippen LogP contribution in [-0.4, -0.2) is 39.7 Å². The van der Waals surface area contributed by atoms with Gasteiger partial charge in [-0.1, -0.05) is 23.7 Å². The van der Waals surface area contributed by atoms with Gasteiger partial charge in [-0.25, -0.2) is 23.4 Å². The van der Waals surface area contributed by atoms with E-state index in [2.05, 4.69) is 20.4 Å². The Morgan fingerprint density at radius 1 is 1.33 bits per heavy atom. The van der Waals surface area contributed by atoms with Gasteiger partial charge in [0.1, 0.15) is 37.9 Å². The third-order valence-corrected chi connectivity index (χ3v) is 6.22. The van der Waals surface area contributed by atoms with Crippen LogP contribution in [0.25, 0.3) is 22.3 Å². The van der Waals surface area contributed by atoms with E-state index in [-0.39, 0.29) is 11.6 Å². The largest absolute Gasteiger partial charge is 0.487 e. The monoisotopic (exact) mass is 511 g/mol. The van der Waals surface area contributed by atoms with Gasteiger partial charge in [0.2, 0.25) is 0 Å². The van der Waals surface area contributed by atoms with Gasteiger partial charge in [0, 0.05) is 34.7 Å². The molecule has 1 N–H and O–H groups in total. The summed E-state index contributed by atoms with van der Waals surface area (Å²) in [5.41, 5.74) is 1.97. The lowest BCUT2D eigenvalue weighted by atomic mass is 9.72. The molecule has 0 aliphatic heterocycles. The molecule has 2 aromatic carbocycles. The molecule has 2 heterocycles. The summed E-state index contributed by atoms with van der Waals surface area (Å²) in [5.74, 6) is -0.210. The van der Waals surface area contributed by atoms with Crippen LogP contribution in [0, 0.1) is 12.7 Å². The summed E-state index contributed by atoms with van der Waals surface area (Å²) < 4.78 is 35.7. The van der Waals surface area contributed by atoms with Crippen LogP contribution in [0.15, 0.2) is 42.7 Å². The minimum Gasteiger partial charge on any atom is -0.487 e. The Balaban J connectivity index is 1.74. The van der Waals surface area contributed by atoms with E-state index in [0.717, 1.165) is 23.6 Å². The van der Waals surface area contributed by atoms with Gasteiger partial charge < -0.3 is 10.1 Å². The van der Waals surface area contributed by atoms with Crippen LogP contribution < -0.4 is 10.1 Å². The van der Waals surface area contributed by atoms with Crippen molar-refractivity contribution in [1.29, 1.82) is 0 Å². The predicted octanol–water partition coefficient (Wildman–Crippen LogP) is 3.99. The Kier molecular flexibility index (Phi) is 7.00. The van der Waals surface area contributed by atoms with Gasteiger partial charge in [-0.05, 0) is 50.6 Å². The number of fused-ring (bicyclic) bond motifs is 1. The van der Waals surface area contributed by atoms with Crippen LogP contribution in [0.3, 0.4) is 0 Å². The number of rotatable bonds is 7. The lowest BCUT2D eigenvalue weighted by Gasteiger charge is -2.30. The molecule has 0 bridgehead atoms. The predicted molar refractivity (Wildman–Crippen MR) is 137 cm³/mol. The van der Waals surface area contributed by atoms with E-state index in [4.69, 9.17) is 16.3 Å². The van der Waals surface area contributed by atoms with Crippen molar-refractivity contribution in [2.75, 3.05) is 0 Å². The molecule has 11 heteroatoms. The minimum absolute atomic E-state index is 0.0348. The Labute approximate surface area is 213 Å². The van der Waals surface area contributed by atoms with Crippen molar-refractivity contribution in [1.82, 2.24) is 25.1 Å². The van der Waals surface area contributed by atoms with E-state index in [1.165, 1.54) is 18.5 Å². The molecule has 0 fully saturated rings. The first-order chi connectivity index (χ1) is 17.0. The number of para-hydroxylation sites is 1. The second-order valence-electron chi connectivity index (χ2n) is 9.10. The minimum atomic E-state index is -1.72. The second kappa shape index (κ2) is 9.85. The highest BCUT2D eigenvalue weighted by Gasteiger charge is 2.29. The van der Waals surface area contributed by atoms with Crippen LogP contribution in [0.1, 0.15) is 30.7 Å². The molecule has 4 rings (SSSR count). The Morgan fingerprint density at radius 3 is 2.75 bits per heavy atom. The maximum Gasteiger partial charge on any atom is 0.254 e. The van der Waals surface area contributed by atoms with Crippen molar-refractivity contribution in [2.45, 2.75) is 39.0 Å². The average Bonchev–Trinajstić information content (AvgIpc) is 3.22. The average molecular weight is 512 g/mol. The first-order valence-electron chi connectivity index (χ1n) is 11.3. The summed E-state index contributed by atoms with van der Waals surface area (Å²) in [6, 6.07) is 9.93. The first-order valence-corrected chi connectivity index (χ1v) is 11.7. The number of halogens is 3. The molecule has 0 unspecified atom stereocenters. The van der Waals surface area contributed by atoms with Crippen molar-refractivity contribution in [3.8, 4) is 17.1 Å². The van der Waals surface area contributed by atoms with E-state index >= 15 is 0 Å². The number of aryl methyl sites for hydroxylation is 2. The van der Waals surface area contributed by atoms with Gasteiger partial charge in [-0.15, -0.1) is 0 Å². The number of aromatic nitrogens is 4. The molecule has 4 aromatic rings. The van der Waals surface area contributed by atoms with Gasteiger partial charge in [0.25, 0.3) is 5.91 Å². The number of amides is 1. The molecule has 2 aromatic heterocycles. The maximum atomic E-state index is 14.3. The number of alkyl halides is 1. The van der Waals surface area contributed by atoms with Crippen LogP contribution in [0.2, 0.25) is 5.02 Å². The van der Waals surface area contributed by atoms with Crippen LogP contribution in [-0.2, 0) is 23.9 Å². The molecule has 0 saturated heterocycles. The molecular weight excluding hydrogens is 487 g/mol. The molecule has 7 nitrogen and oxygen atoms in total. The van der Waals surface area contributed by atoms with E-state index in [1.54, 1.807) is 25.5 Å². The van der Waals surface area contributed by atoms with Crippen LogP contribution in [0.5, 0.6) is 5.75 Å². The third-order valence-electron chi connectivity index (χ3n) is 5.89. The standard InChI is InChI=1S/C25H25BClF2N5O2/c1-13-8-17(23-30-12-31-34(23)4)16-6-5-7-21(22(16)32-13)36-11-18-19(9-15(29)10-20(18)27)25(3,26)33-24(35)14(2)28/h5-10,12,14H,11,26H2,1-4H3,(H,33,35)/t14-,25+/m1/s1. The number of hydrogen-bond donors (Lipinski definition) is 1. The summed E-state index contributed by atoms with van der Waals surface area (Å²) in [6.45, 7) is 4.63. The topological polar surface area (TPSA) is 81.9 Å². The number of carbonyl (C=O) groups excluding carboxylic acids is 1. The Hall–Kier alpha value is -3.53. The maximum absolute atomic E-state index is 14.3. The van der Waals surface area contributed by atoms with Gasteiger partial charge in [0.05, 0.1) is 5.02 Å². The van der Waals surface area contributed by atoms with Gasteiger partial charge in [-0.3, -0.25) is 4.79 Å². The van der Waals surface area contributed by atoms with Crippen molar-refractivity contribution in [3.63, 3.8) is 0 Å². The van der Waals surface area contributed by atoms with Gasteiger partial charge >= 0.3 is 0 Å². The van der Waals surface area contributed by atoms with Crippen molar-refractivity contribution < 1.29 is 18.3 Å². The van der Waals surface area contributed by atoms with E-state index in [1.807, 2.05) is 32.2 Å². The fourth-order valence-corrected chi connectivity index (χ4v) is 4.38. The van der Waals surface area contributed by atoms with Crippen LogP contribution >= 0.6 is 11.6 Å². The fourth-order valence-electron chi connectivity index (χ4n) is 4.12. The Morgan fingerprint density at radius 2 is 2.08 bits per heavy atom. The lowest BCUT2D eigenvalue weighted by molar-refractivity contribution is -0.126. The zero-order valence-corrected chi connectivity index (χ0v) is 21.3. The molecule has 186 valence electrons. The fraction of sp³-hybridized carbons (Fsp3) is 0.280. The summed E-state index contributed by atoms with van der Waals surface area (Å²) >= 11 is 6.42. The molecule has 0 saturated carbocycles. The Bertz CT molecular complexity index is 1460. The van der Waals surface area contributed by atoms with Crippen molar-refractivity contribution in [2.24, 2.45) is 7.05 Å². The van der Waals surface area contributed by atoms with Crippen molar-refractivity contribution in [3.05, 3.63) is 70.4 Å². The summed E-state index contributed by atoms with van der Waals surface area (Å²) in [7, 11) is 3.46. The SMILES string of the molecule is B[C@@](C)(NC(=O)[C@@H](C)F)c1cc(F)cc(Cl)c1COc1cccc2c(-c3ncnn3C)cc(C)nc12. The molecule has 0 radical (unpaired) electrons. The number of benzene rings is 2. The summed E-state index contributed by atoms with van der Waals surface area (Å²) in [6.07, 6.45) is -0.236. The molecule has 0 aliphatic rings. The number of pyridine rings is 1. The number of ether oxygens (including phenoxy) is 1. The second-order valence-corrected chi connectivity index (χ2v) is 9.51. The van der Waals surface area contributed by atoms with Gasteiger partial charge in [0.15, 0.2) is 12.0 Å². The highest BCUT2D eigenvalue weighted by molar-refractivity contribution is 6.31. The first kappa shape index (κ1) is 25.6. The molecule has 2 atom stereocenters. The highest BCUT2D eigenvalue weighted by atomic mass is 35.5. The zero-order chi connectivity index (χ0) is 26.2. The molecular formula is C25H25BClF2N5O2. The van der Waals surface area contributed by atoms with Crippen molar-refractivity contribution >= 4 is 36.3 Å². The normalized spacial score (nSPS) is 13.9. The quantitative estimate of drug-likeness (QED) is 0.380. The number of carbonyl (C=O) groups is 1. The number of hydrogen-bond acceptors (Lipinski definition) is 5. The lowest BCUT2D eigenvalue weighted by Crippen LogP contribution is -2.47. The third kappa shape index (κ3) is 5.04. The smallest absolute Gasteiger partial charge is 0.254 e. The molecule has 1 amide bonds. The van der Waals surface area contributed by atoms with E-state index in [9.17, 15) is 13.6 Å². The van der Waals surface area contributed by atoms with E-state index in [0.29, 0.717) is 28.2 Å². The summed E-state index contributed by atoms with van der Waals surface area (Å²) in [4.78, 5) is 21.1. The van der Waals surface area contributed by atoms with Gasteiger partial charge in [-0.2, -0.15) is 5.10 Å². The number of nitrogens with one attached hydrogen (secondary N) is 1. The molecule has 36 heavy (non-hydrogen) atoms. The molecule has 0 spiro atoms. The van der Waals surface area contributed by atoms with Crippen LogP contribution in [0.4, 0.5) is 8.78 Å². The zero-order valence-electron chi connectivity index (χ0n) is 20.6. The highest BCUT2D eigenvalue weighted by Crippen LogP contribution is 2.34. The number of nitrogens with zero attached hydrogens (tertiary/aromatic N) is 4.